The number of nitrogens with one attached hydrogen (secondary N) is 2. The van der Waals surface area contributed by atoms with Crippen molar-refractivity contribution < 1.29 is 9.59 Å². The fourth-order valence-electron chi connectivity index (χ4n) is 1.89. The van der Waals surface area contributed by atoms with E-state index in [4.69, 9.17) is 0 Å². The molecule has 23 heavy (non-hydrogen) atoms. The van der Waals surface area contributed by atoms with Crippen molar-refractivity contribution in [1.29, 1.82) is 0 Å². The van der Waals surface area contributed by atoms with E-state index < -0.39 is 6.03 Å². The Hall–Kier alpha value is -2.42. The molecular weight excluding hydrogens is 316 g/mol. The van der Waals surface area contributed by atoms with E-state index in [0.717, 1.165) is 11.4 Å². The Bertz CT molecular complexity index is 673. The van der Waals surface area contributed by atoms with E-state index in [1.807, 2.05) is 23.6 Å². The summed E-state index contributed by atoms with van der Waals surface area (Å²) < 4.78 is 1.92. The van der Waals surface area contributed by atoms with Gasteiger partial charge in [0.15, 0.2) is 11.0 Å². The first-order chi connectivity index (χ1) is 11.2. The number of nitrogens with zero attached hydrogens (tertiary/aromatic N) is 4. The standard InChI is InChI=1S/C14H18N6O2S/c1-3-16-13(22)17-11(21)9-23-14-19-18-12(20(14)4-2)10-5-7-15-8-6-10/h5-8H,3-4,9H2,1-2H3,(H2,16,17,21,22). The molecule has 0 atom stereocenters. The highest BCUT2D eigenvalue weighted by Gasteiger charge is 2.15. The molecule has 3 amide bonds. The number of carbonyl (C=O) groups is 2. The van der Waals surface area contributed by atoms with E-state index in [1.54, 1.807) is 19.3 Å². The van der Waals surface area contributed by atoms with Crippen LogP contribution in [0.25, 0.3) is 11.4 Å². The Labute approximate surface area is 138 Å². The summed E-state index contributed by atoms with van der Waals surface area (Å²) in [5.74, 6) is 0.435. The van der Waals surface area contributed by atoms with Crippen molar-refractivity contribution in [3.63, 3.8) is 0 Å². The van der Waals surface area contributed by atoms with Crippen LogP contribution in [0.3, 0.4) is 0 Å². The van der Waals surface area contributed by atoms with Gasteiger partial charge in [0.2, 0.25) is 5.91 Å². The number of thioether (sulfide) groups is 1. The van der Waals surface area contributed by atoms with Gasteiger partial charge >= 0.3 is 6.03 Å². The fourth-order valence-corrected chi connectivity index (χ4v) is 2.69. The summed E-state index contributed by atoms with van der Waals surface area (Å²) in [5.41, 5.74) is 0.910. The molecule has 0 spiro atoms. The second-order valence-corrected chi connectivity index (χ2v) is 5.43. The van der Waals surface area contributed by atoms with Gasteiger partial charge in [0.25, 0.3) is 0 Å². The van der Waals surface area contributed by atoms with E-state index in [0.29, 0.717) is 18.2 Å². The molecule has 0 aromatic carbocycles. The molecule has 0 unspecified atom stereocenters. The van der Waals surface area contributed by atoms with Crippen LogP contribution in [0.4, 0.5) is 4.79 Å². The Kier molecular flexibility index (Phi) is 6.10. The number of carbonyl (C=O) groups excluding carboxylic acids is 2. The molecule has 0 aliphatic rings. The summed E-state index contributed by atoms with van der Waals surface area (Å²) in [6, 6.07) is 3.21. The lowest BCUT2D eigenvalue weighted by molar-refractivity contribution is -0.117. The zero-order valence-electron chi connectivity index (χ0n) is 12.9. The highest BCUT2D eigenvalue weighted by Crippen LogP contribution is 2.23. The Morgan fingerprint density at radius 1 is 1.22 bits per heavy atom. The van der Waals surface area contributed by atoms with E-state index in [2.05, 4.69) is 25.8 Å². The van der Waals surface area contributed by atoms with Crippen molar-refractivity contribution in [2.24, 2.45) is 0 Å². The van der Waals surface area contributed by atoms with Crippen LogP contribution in [0.5, 0.6) is 0 Å². The van der Waals surface area contributed by atoms with Crippen molar-refractivity contribution >= 4 is 23.7 Å². The third kappa shape index (κ3) is 4.52. The normalized spacial score (nSPS) is 10.3. The summed E-state index contributed by atoms with van der Waals surface area (Å²) in [7, 11) is 0. The van der Waals surface area contributed by atoms with Crippen molar-refractivity contribution in [2.45, 2.75) is 25.5 Å². The Balaban J connectivity index is 2.03. The summed E-state index contributed by atoms with van der Waals surface area (Å²) in [5, 5.41) is 13.7. The second-order valence-electron chi connectivity index (χ2n) is 4.48. The molecule has 0 fully saturated rings. The van der Waals surface area contributed by atoms with Crippen LogP contribution in [0, 0.1) is 0 Å². The van der Waals surface area contributed by atoms with Crippen LogP contribution in [0.2, 0.25) is 0 Å². The average molecular weight is 334 g/mol. The predicted molar refractivity (Wildman–Crippen MR) is 86.9 cm³/mol. The molecule has 0 aliphatic carbocycles. The van der Waals surface area contributed by atoms with Crippen molar-refractivity contribution in [3.8, 4) is 11.4 Å². The van der Waals surface area contributed by atoms with Gasteiger partial charge < -0.3 is 9.88 Å². The summed E-state index contributed by atoms with van der Waals surface area (Å²) in [6.07, 6.45) is 3.38. The van der Waals surface area contributed by atoms with Crippen LogP contribution in [0.15, 0.2) is 29.7 Å². The van der Waals surface area contributed by atoms with Gasteiger partial charge in [0.1, 0.15) is 0 Å². The first kappa shape index (κ1) is 16.9. The molecule has 0 aliphatic heterocycles. The lowest BCUT2D eigenvalue weighted by Gasteiger charge is -2.07. The van der Waals surface area contributed by atoms with Gasteiger partial charge in [-0.2, -0.15) is 0 Å². The number of rotatable bonds is 6. The van der Waals surface area contributed by atoms with E-state index in [9.17, 15) is 9.59 Å². The van der Waals surface area contributed by atoms with Gasteiger partial charge in [-0.15, -0.1) is 10.2 Å². The topological polar surface area (TPSA) is 102 Å². The van der Waals surface area contributed by atoms with E-state index in [1.165, 1.54) is 11.8 Å². The average Bonchev–Trinajstić information content (AvgIpc) is 2.96. The van der Waals surface area contributed by atoms with Gasteiger partial charge in [-0.1, -0.05) is 11.8 Å². The Morgan fingerprint density at radius 3 is 2.61 bits per heavy atom. The van der Waals surface area contributed by atoms with Crippen LogP contribution in [-0.2, 0) is 11.3 Å². The molecule has 0 saturated carbocycles. The molecular formula is C14H18N6O2S. The first-order valence-electron chi connectivity index (χ1n) is 7.19. The van der Waals surface area contributed by atoms with E-state index in [-0.39, 0.29) is 11.7 Å². The lowest BCUT2D eigenvalue weighted by atomic mass is 10.2. The smallest absolute Gasteiger partial charge is 0.321 e. The van der Waals surface area contributed by atoms with Gasteiger partial charge in [0, 0.05) is 31.0 Å². The van der Waals surface area contributed by atoms with Gasteiger partial charge in [-0.25, -0.2) is 4.79 Å². The van der Waals surface area contributed by atoms with Gasteiger partial charge in [0.05, 0.1) is 5.75 Å². The molecule has 2 N–H and O–H groups in total. The van der Waals surface area contributed by atoms with Gasteiger partial charge in [-0.3, -0.25) is 15.1 Å². The first-order valence-corrected chi connectivity index (χ1v) is 8.18. The lowest BCUT2D eigenvalue weighted by Crippen LogP contribution is -2.40. The number of hydrogen-bond acceptors (Lipinski definition) is 6. The molecule has 2 rings (SSSR count). The molecule has 9 heteroatoms. The van der Waals surface area contributed by atoms with Crippen LogP contribution < -0.4 is 10.6 Å². The van der Waals surface area contributed by atoms with Crippen LogP contribution in [0.1, 0.15) is 13.8 Å². The molecule has 2 aromatic heterocycles. The molecule has 8 nitrogen and oxygen atoms in total. The monoisotopic (exact) mass is 334 g/mol. The molecule has 2 aromatic rings. The molecule has 0 radical (unpaired) electrons. The number of amides is 3. The number of hydrogen-bond donors (Lipinski definition) is 2. The maximum Gasteiger partial charge on any atom is 0.321 e. The minimum absolute atomic E-state index is 0.0889. The summed E-state index contributed by atoms with van der Waals surface area (Å²) in [4.78, 5) is 27.0. The number of urea groups is 1. The third-order valence-corrected chi connectivity index (χ3v) is 3.86. The van der Waals surface area contributed by atoms with Crippen LogP contribution in [-0.4, -0.2) is 44.0 Å². The number of imide groups is 1. The highest BCUT2D eigenvalue weighted by atomic mass is 32.2. The number of pyridine rings is 1. The minimum Gasteiger partial charge on any atom is -0.338 e. The van der Waals surface area contributed by atoms with Crippen LogP contribution >= 0.6 is 11.8 Å². The van der Waals surface area contributed by atoms with E-state index >= 15 is 0 Å². The number of aromatic nitrogens is 4. The molecule has 122 valence electrons. The molecule has 0 bridgehead atoms. The second kappa shape index (κ2) is 8.28. The largest absolute Gasteiger partial charge is 0.338 e. The zero-order chi connectivity index (χ0) is 16.7. The zero-order valence-corrected chi connectivity index (χ0v) is 13.8. The molecule has 0 saturated heterocycles. The predicted octanol–water partition coefficient (Wildman–Crippen LogP) is 1.30. The Morgan fingerprint density at radius 2 is 1.96 bits per heavy atom. The van der Waals surface area contributed by atoms with Crippen molar-refractivity contribution in [1.82, 2.24) is 30.4 Å². The SMILES string of the molecule is CCNC(=O)NC(=O)CSc1nnc(-c2ccncc2)n1CC. The fraction of sp³-hybridized carbons (Fsp3) is 0.357. The minimum atomic E-state index is -0.493. The summed E-state index contributed by atoms with van der Waals surface area (Å²) in [6.45, 7) is 4.90. The van der Waals surface area contributed by atoms with Crippen molar-refractivity contribution in [3.05, 3.63) is 24.5 Å². The highest BCUT2D eigenvalue weighted by molar-refractivity contribution is 7.99. The van der Waals surface area contributed by atoms with Gasteiger partial charge in [-0.05, 0) is 26.0 Å². The summed E-state index contributed by atoms with van der Waals surface area (Å²) >= 11 is 1.24. The maximum atomic E-state index is 11.7. The quantitative estimate of drug-likeness (QED) is 0.772. The molecule has 2 heterocycles. The van der Waals surface area contributed by atoms with Crippen molar-refractivity contribution in [2.75, 3.05) is 12.3 Å². The maximum absolute atomic E-state index is 11.7. The third-order valence-electron chi connectivity index (χ3n) is 2.89.